The molecule has 1 heterocycles. The van der Waals surface area contributed by atoms with Gasteiger partial charge >= 0.3 is 0 Å². The van der Waals surface area contributed by atoms with Crippen LogP contribution in [0.15, 0.2) is 18.2 Å². The summed E-state index contributed by atoms with van der Waals surface area (Å²) in [5, 5.41) is 0. The van der Waals surface area contributed by atoms with Crippen LogP contribution in [0, 0.1) is 0 Å². The summed E-state index contributed by atoms with van der Waals surface area (Å²) in [4.78, 5) is 7.16. The zero-order valence-electron chi connectivity index (χ0n) is 12.7. The minimum Gasteiger partial charge on any atom is -0.497 e. The monoisotopic (exact) mass is 307 g/mol. The molecule has 1 aliphatic rings. The second-order valence-corrected chi connectivity index (χ2v) is 6.06. The van der Waals surface area contributed by atoms with Gasteiger partial charge in [0.25, 0.3) is 0 Å². The van der Waals surface area contributed by atoms with Crippen LogP contribution in [0.5, 0.6) is 5.75 Å². The number of alkyl halides is 1. The summed E-state index contributed by atoms with van der Waals surface area (Å²) in [6.45, 7) is 1.99. The fourth-order valence-electron chi connectivity index (χ4n) is 2.76. The third kappa shape index (κ3) is 3.16. The van der Waals surface area contributed by atoms with E-state index in [1.165, 1.54) is 12.8 Å². The standard InChI is InChI=1S/C16H22ClN3O/c1-19(12-3-4-12)9-10-20-15-11-13(21-2)5-6-14(15)18-16(20)7-8-17/h5-6,11-12H,3-4,7-10H2,1-2H3. The van der Waals surface area contributed by atoms with Gasteiger partial charge in [-0.05, 0) is 32.0 Å². The Bertz CT molecular complexity index is 621. The lowest BCUT2D eigenvalue weighted by atomic mass is 10.3. The average Bonchev–Trinajstić information content (AvgIpc) is 3.28. The molecule has 114 valence electrons. The number of hydrogen-bond acceptors (Lipinski definition) is 3. The molecule has 1 saturated carbocycles. The molecule has 1 aromatic heterocycles. The third-order valence-corrected chi connectivity index (χ3v) is 4.39. The summed E-state index contributed by atoms with van der Waals surface area (Å²) in [5.41, 5.74) is 2.16. The molecule has 0 spiro atoms. The highest BCUT2D eigenvalue weighted by Crippen LogP contribution is 2.26. The van der Waals surface area contributed by atoms with E-state index in [0.29, 0.717) is 5.88 Å². The molecule has 0 bridgehead atoms. The topological polar surface area (TPSA) is 30.3 Å². The molecule has 0 radical (unpaired) electrons. The fraction of sp³-hybridized carbons (Fsp3) is 0.562. The Balaban J connectivity index is 1.89. The van der Waals surface area contributed by atoms with Gasteiger partial charge in [0.1, 0.15) is 11.6 Å². The minimum absolute atomic E-state index is 0.596. The van der Waals surface area contributed by atoms with Crippen molar-refractivity contribution in [3.05, 3.63) is 24.0 Å². The van der Waals surface area contributed by atoms with Crippen LogP contribution < -0.4 is 4.74 Å². The van der Waals surface area contributed by atoms with Crippen molar-refractivity contribution in [3.63, 3.8) is 0 Å². The second-order valence-electron chi connectivity index (χ2n) is 5.69. The zero-order chi connectivity index (χ0) is 14.8. The van der Waals surface area contributed by atoms with E-state index in [0.717, 1.165) is 48.2 Å². The van der Waals surface area contributed by atoms with Crippen LogP contribution in [-0.2, 0) is 13.0 Å². The smallest absolute Gasteiger partial charge is 0.121 e. The number of halogens is 1. The average molecular weight is 308 g/mol. The summed E-state index contributed by atoms with van der Waals surface area (Å²) in [7, 11) is 3.90. The molecular formula is C16H22ClN3O. The Hall–Kier alpha value is -1.26. The van der Waals surface area contributed by atoms with Crippen molar-refractivity contribution in [2.24, 2.45) is 0 Å². The Kier molecular flexibility index (Phi) is 4.36. The Morgan fingerprint density at radius 2 is 2.24 bits per heavy atom. The summed E-state index contributed by atoms with van der Waals surface area (Å²) in [5.74, 6) is 2.54. The highest BCUT2D eigenvalue weighted by molar-refractivity contribution is 6.17. The van der Waals surface area contributed by atoms with Crippen LogP contribution >= 0.6 is 11.6 Å². The molecular weight excluding hydrogens is 286 g/mol. The van der Waals surface area contributed by atoms with Gasteiger partial charge in [-0.3, -0.25) is 0 Å². The van der Waals surface area contributed by atoms with Crippen molar-refractivity contribution in [2.75, 3.05) is 26.6 Å². The number of hydrogen-bond donors (Lipinski definition) is 0. The quantitative estimate of drug-likeness (QED) is 0.737. The predicted molar refractivity (Wildman–Crippen MR) is 86.4 cm³/mol. The first kappa shape index (κ1) is 14.7. The molecule has 1 fully saturated rings. The van der Waals surface area contributed by atoms with Crippen LogP contribution in [0.25, 0.3) is 11.0 Å². The number of aromatic nitrogens is 2. The van der Waals surface area contributed by atoms with Crippen LogP contribution in [0.4, 0.5) is 0 Å². The maximum atomic E-state index is 5.93. The predicted octanol–water partition coefficient (Wildman–Crippen LogP) is 2.92. The Labute approximate surface area is 130 Å². The molecule has 0 N–H and O–H groups in total. The first-order valence-corrected chi connectivity index (χ1v) is 8.05. The SMILES string of the molecule is COc1ccc2nc(CCCl)n(CCN(C)C3CC3)c2c1. The molecule has 3 rings (SSSR count). The van der Waals surface area contributed by atoms with Crippen molar-refractivity contribution in [1.29, 1.82) is 0 Å². The summed E-state index contributed by atoms with van der Waals surface area (Å²) >= 11 is 5.93. The lowest BCUT2D eigenvalue weighted by Crippen LogP contribution is -2.25. The molecule has 21 heavy (non-hydrogen) atoms. The lowest BCUT2D eigenvalue weighted by molar-refractivity contribution is 0.309. The number of fused-ring (bicyclic) bond motifs is 1. The maximum absolute atomic E-state index is 5.93. The second kappa shape index (κ2) is 6.24. The van der Waals surface area contributed by atoms with Gasteiger partial charge in [0.15, 0.2) is 0 Å². The molecule has 1 aliphatic carbocycles. The summed E-state index contributed by atoms with van der Waals surface area (Å²) < 4.78 is 7.63. The number of benzene rings is 1. The van der Waals surface area contributed by atoms with Gasteiger partial charge < -0.3 is 14.2 Å². The van der Waals surface area contributed by atoms with E-state index in [-0.39, 0.29) is 0 Å². The highest BCUT2D eigenvalue weighted by Gasteiger charge is 2.25. The number of nitrogens with zero attached hydrogens (tertiary/aromatic N) is 3. The minimum atomic E-state index is 0.596. The lowest BCUT2D eigenvalue weighted by Gasteiger charge is -2.17. The number of likely N-dealkylation sites (N-methyl/N-ethyl adjacent to an activating group) is 1. The van der Waals surface area contributed by atoms with Crippen molar-refractivity contribution >= 4 is 22.6 Å². The van der Waals surface area contributed by atoms with Gasteiger partial charge in [0.05, 0.1) is 18.1 Å². The van der Waals surface area contributed by atoms with E-state index < -0.39 is 0 Å². The number of methoxy groups -OCH3 is 1. The number of imidazole rings is 1. The van der Waals surface area contributed by atoms with E-state index in [4.69, 9.17) is 21.3 Å². The molecule has 4 nitrogen and oxygen atoms in total. The van der Waals surface area contributed by atoms with Crippen LogP contribution in [0.2, 0.25) is 0 Å². The summed E-state index contributed by atoms with van der Waals surface area (Å²) in [6.07, 6.45) is 3.47. The molecule has 5 heteroatoms. The largest absolute Gasteiger partial charge is 0.497 e. The summed E-state index contributed by atoms with van der Waals surface area (Å²) in [6, 6.07) is 6.83. The van der Waals surface area contributed by atoms with Crippen LogP contribution in [-0.4, -0.2) is 47.1 Å². The van der Waals surface area contributed by atoms with Gasteiger partial charge in [0.2, 0.25) is 0 Å². The normalized spacial score (nSPS) is 15.0. The Morgan fingerprint density at radius 1 is 1.43 bits per heavy atom. The third-order valence-electron chi connectivity index (χ3n) is 4.20. The van der Waals surface area contributed by atoms with Crippen LogP contribution in [0.1, 0.15) is 18.7 Å². The zero-order valence-corrected chi connectivity index (χ0v) is 13.4. The molecule has 1 aromatic carbocycles. The van der Waals surface area contributed by atoms with Gasteiger partial charge in [0, 0.05) is 37.5 Å². The maximum Gasteiger partial charge on any atom is 0.121 e. The van der Waals surface area contributed by atoms with Gasteiger partial charge in [-0.1, -0.05) is 0 Å². The first-order valence-electron chi connectivity index (χ1n) is 7.52. The van der Waals surface area contributed by atoms with E-state index >= 15 is 0 Å². The molecule has 0 aliphatic heterocycles. The van der Waals surface area contributed by atoms with Crippen molar-refractivity contribution in [1.82, 2.24) is 14.5 Å². The van der Waals surface area contributed by atoms with E-state index in [2.05, 4.69) is 22.6 Å². The van der Waals surface area contributed by atoms with Crippen molar-refractivity contribution < 1.29 is 4.74 Å². The van der Waals surface area contributed by atoms with Gasteiger partial charge in [-0.2, -0.15) is 0 Å². The molecule has 0 amide bonds. The Morgan fingerprint density at radius 3 is 2.90 bits per heavy atom. The van der Waals surface area contributed by atoms with Gasteiger partial charge in [-0.15, -0.1) is 11.6 Å². The van der Waals surface area contributed by atoms with E-state index in [1.807, 2.05) is 12.1 Å². The molecule has 2 aromatic rings. The number of aryl methyl sites for hydroxylation is 1. The van der Waals surface area contributed by atoms with Crippen molar-refractivity contribution in [3.8, 4) is 5.75 Å². The number of rotatable bonds is 7. The van der Waals surface area contributed by atoms with Crippen molar-refractivity contribution in [2.45, 2.75) is 31.8 Å². The molecule has 0 atom stereocenters. The van der Waals surface area contributed by atoms with E-state index in [9.17, 15) is 0 Å². The van der Waals surface area contributed by atoms with E-state index in [1.54, 1.807) is 7.11 Å². The fourth-order valence-corrected chi connectivity index (χ4v) is 2.93. The molecule has 0 unspecified atom stereocenters. The van der Waals surface area contributed by atoms with Crippen LogP contribution in [0.3, 0.4) is 0 Å². The highest BCUT2D eigenvalue weighted by atomic mass is 35.5. The van der Waals surface area contributed by atoms with Gasteiger partial charge in [-0.25, -0.2) is 4.98 Å². The number of ether oxygens (including phenoxy) is 1. The first-order chi connectivity index (χ1) is 10.2. The molecule has 0 saturated heterocycles.